The van der Waals surface area contributed by atoms with E-state index in [9.17, 15) is 14.4 Å². The van der Waals surface area contributed by atoms with Gasteiger partial charge in [-0.05, 0) is 83.5 Å². The molecule has 0 rings (SSSR count). The zero-order valence-corrected chi connectivity index (χ0v) is 52.6. The molecule has 6 nitrogen and oxygen atoms in total. The lowest BCUT2D eigenvalue weighted by Gasteiger charge is -2.18. The van der Waals surface area contributed by atoms with Crippen LogP contribution in [0.2, 0.25) is 0 Å². The number of allylic oxidation sites excluding steroid dienone is 18. The summed E-state index contributed by atoms with van der Waals surface area (Å²) in [5.41, 5.74) is 0. The van der Waals surface area contributed by atoms with Crippen molar-refractivity contribution in [1.82, 2.24) is 0 Å². The molecule has 0 N–H and O–H groups in total. The summed E-state index contributed by atoms with van der Waals surface area (Å²) in [5.74, 6) is -0.939. The molecule has 0 aliphatic carbocycles. The number of ether oxygens (including phenoxy) is 3. The van der Waals surface area contributed by atoms with Crippen molar-refractivity contribution in [3.63, 3.8) is 0 Å². The van der Waals surface area contributed by atoms with Crippen molar-refractivity contribution in [2.75, 3.05) is 13.2 Å². The average molecular weight is 1110 g/mol. The van der Waals surface area contributed by atoms with Gasteiger partial charge in [-0.2, -0.15) is 0 Å². The van der Waals surface area contributed by atoms with Gasteiger partial charge in [-0.3, -0.25) is 14.4 Å². The van der Waals surface area contributed by atoms with Crippen molar-refractivity contribution >= 4 is 17.9 Å². The Morgan fingerprint density at radius 1 is 0.263 bits per heavy atom. The molecule has 0 aromatic carbocycles. The molecule has 0 amide bonds. The summed E-state index contributed by atoms with van der Waals surface area (Å²) in [4.78, 5) is 38.4. The second kappa shape index (κ2) is 67.6. The Balaban J connectivity index is 4.43. The fraction of sp³-hybridized carbons (Fsp3) is 0.716. The molecule has 0 aliphatic heterocycles. The number of carbonyl (C=O) groups is 3. The molecule has 0 aliphatic rings. The molecular weight excluding hydrogens is 985 g/mol. The van der Waals surface area contributed by atoms with Crippen LogP contribution in [0.3, 0.4) is 0 Å². The number of unbranched alkanes of at least 4 members (excludes halogenated alkanes) is 32. The molecule has 0 bridgehead atoms. The Bertz CT molecular complexity index is 1610. The number of hydrogen-bond donors (Lipinski definition) is 0. The molecule has 0 heterocycles. The van der Waals surface area contributed by atoms with Gasteiger partial charge in [-0.25, -0.2) is 0 Å². The van der Waals surface area contributed by atoms with Gasteiger partial charge in [-0.15, -0.1) is 0 Å². The van der Waals surface area contributed by atoms with E-state index < -0.39 is 6.10 Å². The van der Waals surface area contributed by atoms with E-state index in [1.165, 1.54) is 173 Å². The predicted octanol–water partition coefficient (Wildman–Crippen LogP) is 23.4. The topological polar surface area (TPSA) is 78.9 Å². The molecule has 0 radical (unpaired) electrons. The molecule has 0 aromatic rings. The van der Waals surface area contributed by atoms with Crippen LogP contribution < -0.4 is 0 Å². The Kier molecular flexibility index (Phi) is 64.3. The van der Waals surface area contributed by atoms with E-state index in [4.69, 9.17) is 14.2 Å². The Morgan fingerprint density at radius 2 is 0.487 bits per heavy atom. The minimum atomic E-state index is -0.801. The van der Waals surface area contributed by atoms with E-state index >= 15 is 0 Å². The number of rotatable bonds is 61. The summed E-state index contributed by atoms with van der Waals surface area (Å²) in [6, 6.07) is 0. The maximum Gasteiger partial charge on any atom is 0.306 e. The van der Waals surface area contributed by atoms with E-state index in [0.29, 0.717) is 19.3 Å². The first kappa shape index (κ1) is 76.1. The molecule has 0 saturated heterocycles. The molecule has 80 heavy (non-hydrogen) atoms. The Hall–Kier alpha value is -3.93. The molecule has 1 unspecified atom stereocenters. The largest absolute Gasteiger partial charge is 0.462 e. The highest BCUT2D eigenvalue weighted by molar-refractivity contribution is 5.71. The molecule has 0 saturated carbocycles. The van der Waals surface area contributed by atoms with Gasteiger partial charge in [0.2, 0.25) is 0 Å². The van der Waals surface area contributed by atoms with Gasteiger partial charge in [-0.1, -0.05) is 329 Å². The van der Waals surface area contributed by atoms with Crippen LogP contribution >= 0.6 is 0 Å². The van der Waals surface area contributed by atoms with Crippen LogP contribution in [0.25, 0.3) is 0 Å². The number of hydrogen-bond acceptors (Lipinski definition) is 6. The summed E-state index contributed by atoms with van der Waals surface area (Å²) < 4.78 is 16.9. The van der Waals surface area contributed by atoms with Gasteiger partial charge in [0.1, 0.15) is 13.2 Å². The van der Waals surface area contributed by atoms with Gasteiger partial charge in [0.15, 0.2) is 6.10 Å². The van der Waals surface area contributed by atoms with Crippen molar-refractivity contribution < 1.29 is 28.6 Å². The Labute approximate surface area is 495 Å². The summed E-state index contributed by atoms with van der Waals surface area (Å²) in [5, 5.41) is 0. The fourth-order valence-electron chi connectivity index (χ4n) is 9.51. The summed E-state index contributed by atoms with van der Waals surface area (Å²) in [7, 11) is 0. The standard InChI is InChI=1S/C74H126O6/c1-4-7-10-13-16-19-22-25-28-31-32-33-34-35-36-37-38-39-40-41-42-44-46-49-52-55-58-61-64-67-73(76)79-70-71(69-78-72(75)66-63-60-57-54-51-48-45-30-27-24-21-18-15-12-9-6-3)80-74(77)68-65-62-59-56-53-50-47-43-29-26-23-20-17-14-11-8-5-2/h7,10,16,19,25,28,32-33,35-36,38-39,41-42,46,49,55,58,71H,4-6,8-9,11-15,17-18,20-24,26-27,29-31,34,37,40,43-45,47-48,50-54,56-57,59-70H2,1-3H3/b10-7-,19-16-,28-25-,33-32-,36-35-,39-38-,42-41-,49-46-,58-55-. The van der Waals surface area contributed by atoms with Gasteiger partial charge in [0, 0.05) is 19.3 Å². The zero-order chi connectivity index (χ0) is 57.8. The van der Waals surface area contributed by atoms with Crippen molar-refractivity contribution in [1.29, 1.82) is 0 Å². The summed E-state index contributed by atoms with van der Waals surface area (Å²) in [6.45, 7) is 6.52. The highest BCUT2D eigenvalue weighted by Crippen LogP contribution is 2.17. The average Bonchev–Trinajstić information content (AvgIpc) is 3.46. The SMILES string of the molecule is CC/C=C\C/C=C\C/C=C\C/C=C\C/C=C\C/C=C\C/C=C\C/C=C\C/C=C\CCCC(=O)OCC(COC(=O)CCCCCCCCCCCCCCCCCC)OC(=O)CCCCCCCCCCCCCCCCCCC. The summed E-state index contributed by atoms with van der Waals surface area (Å²) >= 11 is 0. The van der Waals surface area contributed by atoms with Gasteiger partial charge < -0.3 is 14.2 Å². The lowest BCUT2D eigenvalue weighted by atomic mass is 10.0. The van der Waals surface area contributed by atoms with Crippen LogP contribution in [0.1, 0.15) is 323 Å². The van der Waals surface area contributed by atoms with Crippen LogP contribution in [0.4, 0.5) is 0 Å². The molecule has 0 spiro atoms. The van der Waals surface area contributed by atoms with Crippen LogP contribution in [-0.4, -0.2) is 37.2 Å². The highest BCUT2D eigenvalue weighted by Gasteiger charge is 2.19. The van der Waals surface area contributed by atoms with Gasteiger partial charge in [0.25, 0.3) is 0 Å². The maximum atomic E-state index is 12.9. The van der Waals surface area contributed by atoms with E-state index in [1.54, 1.807) is 0 Å². The van der Waals surface area contributed by atoms with Gasteiger partial charge >= 0.3 is 17.9 Å². The van der Waals surface area contributed by atoms with Crippen LogP contribution in [-0.2, 0) is 28.6 Å². The van der Waals surface area contributed by atoms with E-state index in [2.05, 4.69) is 130 Å². The molecule has 0 aromatic heterocycles. The van der Waals surface area contributed by atoms with Crippen molar-refractivity contribution in [3.8, 4) is 0 Å². The first-order valence-electron chi connectivity index (χ1n) is 33.9. The van der Waals surface area contributed by atoms with Crippen molar-refractivity contribution in [3.05, 3.63) is 109 Å². The van der Waals surface area contributed by atoms with E-state index in [0.717, 1.165) is 103 Å². The normalized spacial score (nSPS) is 12.8. The second-order valence-electron chi connectivity index (χ2n) is 22.4. The zero-order valence-electron chi connectivity index (χ0n) is 52.6. The van der Waals surface area contributed by atoms with Crippen LogP contribution in [0, 0.1) is 0 Å². The lowest BCUT2D eigenvalue weighted by Crippen LogP contribution is -2.30. The Morgan fingerprint density at radius 3 is 0.762 bits per heavy atom. The summed E-state index contributed by atoms with van der Waals surface area (Å²) in [6.07, 6.45) is 92.5. The first-order valence-corrected chi connectivity index (χ1v) is 33.9. The molecule has 458 valence electrons. The minimum absolute atomic E-state index is 0.0920. The molecule has 6 heteroatoms. The number of carbonyl (C=O) groups excluding carboxylic acids is 3. The predicted molar refractivity (Wildman–Crippen MR) is 348 cm³/mol. The van der Waals surface area contributed by atoms with Crippen LogP contribution in [0.5, 0.6) is 0 Å². The smallest absolute Gasteiger partial charge is 0.306 e. The third-order valence-electron chi connectivity index (χ3n) is 14.5. The third-order valence-corrected chi connectivity index (χ3v) is 14.5. The van der Waals surface area contributed by atoms with Crippen molar-refractivity contribution in [2.45, 2.75) is 329 Å². The fourth-order valence-corrected chi connectivity index (χ4v) is 9.51. The molecule has 1 atom stereocenters. The second-order valence-corrected chi connectivity index (χ2v) is 22.4. The lowest BCUT2D eigenvalue weighted by molar-refractivity contribution is -0.167. The monoisotopic (exact) mass is 1110 g/mol. The van der Waals surface area contributed by atoms with Gasteiger partial charge in [0.05, 0.1) is 0 Å². The quantitative estimate of drug-likeness (QED) is 0.0261. The third kappa shape index (κ3) is 64.9. The first-order chi connectivity index (χ1) is 39.5. The van der Waals surface area contributed by atoms with Crippen molar-refractivity contribution in [2.24, 2.45) is 0 Å². The van der Waals surface area contributed by atoms with Crippen LogP contribution in [0.15, 0.2) is 109 Å². The highest BCUT2D eigenvalue weighted by atomic mass is 16.6. The minimum Gasteiger partial charge on any atom is -0.462 e. The molecule has 0 fully saturated rings. The van der Waals surface area contributed by atoms with E-state index in [1.807, 2.05) is 0 Å². The van der Waals surface area contributed by atoms with E-state index in [-0.39, 0.29) is 37.5 Å². The molecular formula is C74H126O6. The number of esters is 3. The maximum absolute atomic E-state index is 12.9.